The topological polar surface area (TPSA) is 116 Å². The molecule has 0 aliphatic heterocycles. The lowest BCUT2D eigenvalue weighted by Crippen LogP contribution is -2.17. The van der Waals surface area contributed by atoms with Crippen LogP contribution in [0.4, 0.5) is 15.9 Å². The maximum atomic E-state index is 13.8. The van der Waals surface area contributed by atoms with Crippen molar-refractivity contribution in [3.8, 4) is 5.75 Å². The number of esters is 1. The van der Waals surface area contributed by atoms with Gasteiger partial charge in [-0.1, -0.05) is 23.2 Å². The van der Waals surface area contributed by atoms with E-state index in [-0.39, 0.29) is 32.9 Å². The van der Waals surface area contributed by atoms with Crippen molar-refractivity contribution in [3.05, 3.63) is 75.1 Å². The molecule has 32 heavy (non-hydrogen) atoms. The molecule has 3 aromatic rings. The molecule has 162 valence electrons. The van der Waals surface area contributed by atoms with E-state index in [1.807, 2.05) is 0 Å². The SMILES string of the molecule is [B][C@@H](Oc1cc(C(=O)Nc2ccc(C(=O)OC)cc2)nnc1N)c1c(Cl)ccc(F)c1Cl. The number of aromatic nitrogens is 2. The lowest BCUT2D eigenvalue weighted by molar-refractivity contribution is 0.0600. The van der Waals surface area contributed by atoms with Gasteiger partial charge in [-0.3, -0.25) is 4.79 Å². The Kier molecular flexibility index (Phi) is 7.17. The van der Waals surface area contributed by atoms with Crippen molar-refractivity contribution in [1.82, 2.24) is 10.2 Å². The summed E-state index contributed by atoms with van der Waals surface area (Å²) in [5.74, 6) is -2.13. The molecule has 1 atom stereocenters. The number of halogens is 3. The summed E-state index contributed by atoms with van der Waals surface area (Å²) in [7, 11) is 7.23. The van der Waals surface area contributed by atoms with Crippen molar-refractivity contribution in [2.45, 2.75) is 6.00 Å². The Morgan fingerprint density at radius 1 is 1.16 bits per heavy atom. The van der Waals surface area contributed by atoms with Crippen LogP contribution in [0.3, 0.4) is 0 Å². The molecule has 1 amide bonds. The van der Waals surface area contributed by atoms with Crippen LogP contribution in [-0.2, 0) is 4.74 Å². The van der Waals surface area contributed by atoms with Crippen molar-refractivity contribution in [2.24, 2.45) is 0 Å². The molecule has 2 aromatic carbocycles. The smallest absolute Gasteiger partial charge is 0.337 e. The molecule has 1 aromatic heterocycles. The first kappa shape index (κ1) is 23.3. The summed E-state index contributed by atoms with van der Waals surface area (Å²) in [5, 5.41) is 9.78. The molecule has 12 heteroatoms. The Morgan fingerprint density at radius 3 is 2.50 bits per heavy atom. The molecule has 0 unspecified atom stereocenters. The molecule has 0 saturated carbocycles. The summed E-state index contributed by atoms with van der Waals surface area (Å²) in [5.41, 5.74) is 6.33. The molecule has 1 heterocycles. The van der Waals surface area contributed by atoms with Gasteiger partial charge < -0.3 is 20.5 Å². The largest absolute Gasteiger partial charge is 0.492 e. The molecule has 0 fully saturated rings. The second kappa shape index (κ2) is 9.84. The summed E-state index contributed by atoms with van der Waals surface area (Å²) in [4.78, 5) is 24.0. The van der Waals surface area contributed by atoms with Crippen molar-refractivity contribution in [3.63, 3.8) is 0 Å². The summed E-state index contributed by atoms with van der Waals surface area (Å²) < 4.78 is 23.9. The zero-order chi connectivity index (χ0) is 23.4. The van der Waals surface area contributed by atoms with E-state index >= 15 is 0 Å². The number of nitrogens with zero attached hydrogens (tertiary/aromatic N) is 2. The predicted molar refractivity (Wildman–Crippen MR) is 118 cm³/mol. The summed E-state index contributed by atoms with van der Waals surface area (Å²) in [6.45, 7) is 0. The maximum absolute atomic E-state index is 13.8. The third-order valence-electron chi connectivity index (χ3n) is 4.20. The van der Waals surface area contributed by atoms with E-state index in [1.54, 1.807) is 0 Å². The first-order valence-electron chi connectivity index (χ1n) is 8.89. The third kappa shape index (κ3) is 5.09. The van der Waals surface area contributed by atoms with Crippen molar-refractivity contribution in [1.29, 1.82) is 0 Å². The molecule has 0 saturated heterocycles. The van der Waals surface area contributed by atoms with E-state index in [0.29, 0.717) is 11.3 Å². The van der Waals surface area contributed by atoms with Gasteiger partial charge in [-0.25, -0.2) is 9.18 Å². The molecule has 3 rings (SSSR count). The zero-order valence-corrected chi connectivity index (χ0v) is 17.9. The number of nitrogens with two attached hydrogens (primary N) is 1. The first-order valence-corrected chi connectivity index (χ1v) is 9.65. The molecular weight excluding hydrogens is 461 g/mol. The Balaban J connectivity index is 1.79. The average Bonchev–Trinajstić information content (AvgIpc) is 2.78. The molecule has 0 spiro atoms. The fraction of sp³-hybridized carbons (Fsp3) is 0.100. The highest BCUT2D eigenvalue weighted by Gasteiger charge is 2.21. The Morgan fingerprint density at radius 2 is 1.84 bits per heavy atom. The fourth-order valence-corrected chi connectivity index (χ4v) is 3.18. The van der Waals surface area contributed by atoms with E-state index in [0.717, 1.165) is 6.07 Å². The Hall–Kier alpha value is -3.37. The van der Waals surface area contributed by atoms with E-state index in [4.69, 9.17) is 41.5 Å². The minimum atomic E-state index is -1.31. The minimum Gasteiger partial charge on any atom is -0.492 e. The van der Waals surface area contributed by atoms with Crippen LogP contribution in [0.1, 0.15) is 32.4 Å². The number of nitrogens with one attached hydrogen (secondary N) is 1. The van der Waals surface area contributed by atoms with Crippen LogP contribution >= 0.6 is 23.2 Å². The van der Waals surface area contributed by atoms with Crippen molar-refractivity contribution >= 4 is 54.4 Å². The number of hydrogen-bond acceptors (Lipinski definition) is 7. The van der Waals surface area contributed by atoms with Gasteiger partial charge in [0.1, 0.15) is 13.7 Å². The van der Waals surface area contributed by atoms with Crippen LogP contribution in [-0.4, -0.2) is 37.0 Å². The Labute approximate surface area is 193 Å². The van der Waals surface area contributed by atoms with Gasteiger partial charge in [0.15, 0.2) is 17.3 Å². The highest BCUT2D eigenvalue weighted by atomic mass is 35.5. The third-order valence-corrected chi connectivity index (χ3v) is 4.91. The van der Waals surface area contributed by atoms with Gasteiger partial charge in [0.2, 0.25) is 0 Å². The van der Waals surface area contributed by atoms with Crippen LogP contribution in [0.15, 0.2) is 42.5 Å². The van der Waals surface area contributed by atoms with Crippen LogP contribution < -0.4 is 15.8 Å². The number of benzene rings is 2. The quantitative estimate of drug-likeness (QED) is 0.317. The number of carbonyl (C=O) groups excluding carboxylic acids is 2. The molecule has 0 aliphatic carbocycles. The monoisotopic (exact) mass is 474 g/mol. The Bertz CT molecular complexity index is 1180. The average molecular weight is 475 g/mol. The van der Waals surface area contributed by atoms with Crippen molar-refractivity contribution < 1.29 is 23.5 Å². The van der Waals surface area contributed by atoms with E-state index in [1.165, 1.54) is 43.5 Å². The van der Waals surface area contributed by atoms with E-state index in [2.05, 4.69) is 20.3 Å². The number of amides is 1. The summed E-state index contributed by atoms with van der Waals surface area (Å²) in [6.07, 6.45) is 0. The number of anilines is 2. The molecule has 3 N–H and O–H groups in total. The highest BCUT2D eigenvalue weighted by molar-refractivity contribution is 6.37. The van der Waals surface area contributed by atoms with Crippen molar-refractivity contribution in [2.75, 3.05) is 18.2 Å². The highest BCUT2D eigenvalue weighted by Crippen LogP contribution is 2.34. The van der Waals surface area contributed by atoms with Gasteiger partial charge in [0, 0.05) is 22.3 Å². The number of methoxy groups -OCH3 is 1. The maximum Gasteiger partial charge on any atom is 0.337 e. The van der Waals surface area contributed by atoms with Crippen LogP contribution in [0.2, 0.25) is 10.0 Å². The fourth-order valence-electron chi connectivity index (χ4n) is 2.59. The second-order valence-corrected chi connectivity index (χ2v) is 7.08. The van der Waals surface area contributed by atoms with Gasteiger partial charge in [0.25, 0.3) is 5.91 Å². The first-order chi connectivity index (χ1) is 15.2. The van der Waals surface area contributed by atoms with Gasteiger partial charge >= 0.3 is 5.97 Å². The van der Waals surface area contributed by atoms with Crippen LogP contribution in [0, 0.1) is 5.82 Å². The number of carbonyl (C=O) groups is 2. The van der Waals surface area contributed by atoms with Gasteiger partial charge in [-0.15, -0.1) is 10.2 Å². The normalized spacial score (nSPS) is 11.5. The second-order valence-electron chi connectivity index (χ2n) is 6.30. The van der Waals surface area contributed by atoms with E-state index in [9.17, 15) is 14.0 Å². The standard InChI is InChI=1S/C20H14BCl2FN4O4/c1-31-20(30)9-2-4-10(5-3-9)26-19(29)13-8-14(18(25)28-27-13)32-17(21)15-11(22)6-7-12(24)16(15)23/h2-8,17H,1H3,(H2,25,28)(H,26,29)/t17-/m0/s1. The molecule has 2 radical (unpaired) electrons. The minimum absolute atomic E-state index is 0.00115. The molecule has 0 aliphatic rings. The number of nitrogen functional groups attached to an aromatic ring is 1. The number of rotatable bonds is 6. The molecule has 0 bridgehead atoms. The van der Waals surface area contributed by atoms with Crippen LogP contribution in [0.5, 0.6) is 5.75 Å². The number of ether oxygens (including phenoxy) is 2. The lowest BCUT2D eigenvalue weighted by atomic mass is 9.91. The van der Waals surface area contributed by atoms with E-state index < -0.39 is 23.7 Å². The predicted octanol–water partition coefficient (Wildman–Crippen LogP) is 3.79. The van der Waals surface area contributed by atoms with Gasteiger partial charge in [-0.05, 0) is 36.4 Å². The summed E-state index contributed by atoms with van der Waals surface area (Å²) >= 11 is 12.0. The molecular formula is C20H14BCl2FN4O4. The zero-order valence-electron chi connectivity index (χ0n) is 16.4. The number of hydrogen-bond donors (Lipinski definition) is 2. The molecule has 8 nitrogen and oxygen atoms in total. The van der Waals surface area contributed by atoms with Gasteiger partial charge in [0.05, 0.1) is 23.7 Å². The van der Waals surface area contributed by atoms with Gasteiger partial charge in [-0.2, -0.15) is 0 Å². The van der Waals surface area contributed by atoms with Crippen LogP contribution in [0.25, 0.3) is 0 Å². The lowest BCUT2D eigenvalue weighted by Gasteiger charge is -2.19. The summed E-state index contributed by atoms with van der Waals surface area (Å²) in [6, 6.07) is 8.25.